The van der Waals surface area contributed by atoms with E-state index in [-0.39, 0.29) is 6.61 Å². The summed E-state index contributed by atoms with van der Waals surface area (Å²) in [5, 5.41) is 20.8. The molecule has 4 nitrogen and oxygen atoms in total. The number of nitrogens with one attached hydrogen (secondary N) is 1. The third-order valence-electron chi connectivity index (χ3n) is 2.70. The summed E-state index contributed by atoms with van der Waals surface area (Å²) in [6.45, 7) is 3.19. The van der Waals surface area contributed by atoms with Gasteiger partial charge in [-0.1, -0.05) is 13.3 Å². The Morgan fingerprint density at radius 1 is 1.47 bits per heavy atom. The molecule has 92 valence electrons. The van der Waals surface area contributed by atoms with E-state index in [4.69, 9.17) is 10.4 Å². The number of nitriles is 1. The molecule has 0 aromatic carbocycles. The van der Waals surface area contributed by atoms with E-state index in [1.54, 1.807) is 18.3 Å². The molecule has 0 amide bonds. The second kappa shape index (κ2) is 7.64. The number of rotatable bonds is 7. The first-order chi connectivity index (χ1) is 8.30. The van der Waals surface area contributed by atoms with Crippen LogP contribution in [0.4, 0.5) is 5.82 Å². The Labute approximate surface area is 102 Å². The molecule has 1 unspecified atom stereocenters. The van der Waals surface area contributed by atoms with Crippen LogP contribution >= 0.6 is 0 Å². The van der Waals surface area contributed by atoms with Crippen LogP contribution in [0.5, 0.6) is 0 Å². The van der Waals surface area contributed by atoms with Crippen molar-refractivity contribution in [3.05, 3.63) is 23.9 Å². The Morgan fingerprint density at radius 2 is 2.29 bits per heavy atom. The largest absolute Gasteiger partial charge is 0.396 e. The van der Waals surface area contributed by atoms with Crippen molar-refractivity contribution >= 4 is 5.82 Å². The van der Waals surface area contributed by atoms with Crippen LogP contribution in [-0.4, -0.2) is 23.2 Å². The molecule has 1 aromatic heterocycles. The molecule has 4 heteroatoms. The number of aromatic nitrogens is 1. The first-order valence-corrected chi connectivity index (χ1v) is 6.01. The van der Waals surface area contributed by atoms with Gasteiger partial charge in [-0.2, -0.15) is 5.26 Å². The highest BCUT2D eigenvalue weighted by Gasteiger charge is 2.07. The fourth-order valence-corrected chi connectivity index (χ4v) is 1.75. The summed E-state index contributed by atoms with van der Waals surface area (Å²) >= 11 is 0. The Balaban J connectivity index is 2.44. The van der Waals surface area contributed by atoms with Crippen LogP contribution in [0.3, 0.4) is 0 Å². The second-order valence-electron chi connectivity index (χ2n) is 4.09. The number of anilines is 1. The van der Waals surface area contributed by atoms with Crippen LogP contribution in [-0.2, 0) is 0 Å². The summed E-state index contributed by atoms with van der Waals surface area (Å²) in [6.07, 6.45) is 4.59. The molecule has 1 rings (SSSR count). The molecule has 0 aliphatic rings. The van der Waals surface area contributed by atoms with Gasteiger partial charge in [-0.25, -0.2) is 4.98 Å². The Morgan fingerprint density at radius 3 is 2.82 bits per heavy atom. The Hall–Kier alpha value is -1.60. The lowest BCUT2D eigenvalue weighted by atomic mass is 10.0. The summed E-state index contributed by atoms with van der Waals surface area (Å²) in [5.41, 5.74) is 0.566. The minimum absolute atomic E-state index is 0.229. The normalized spacial score (nSPS) is 11.8. The Bertz CT molecular complexity index is 350. The maximum absolute atomic E-state index is 8.95. The van der Waals surface area contributed by atoms with Gasteiger partial charge in [0.25, 0.3) is 0 Å². The standard InChI is InChI=1S/C13H19N3O/c1-2-3-11(6-7-17)9-15-13-5-4-12(8-14)10-16-13/h4-5,10-11,17H,2-3,6-7,9H2,1H3,(H,15,16). The highest BCUT2D eigenvalue weighted by molar-refractivity contribution is 5.38. The first-order valence-electron chi connectivity index (χ1n) is 6.01. The molecule has 0 spiro atoms. The smallest absolute Gasteiger partial charge is 0.125 e. The van der Waals surface area contributed by atoms with Crippen molar-refractivity contribution < 1.29 is 5.11 Å². The zero-order valence-corrected chi connectivity index (χ0v) is 10.2. The molecular weight excluding hydrogens is 214 g/mol. The second-order valence-corrected chi connectivity index (χ2v) is 4.09. The predicted octanol–water partition coefficient (Wildman–Crippen LogP) is 2.16. The van der Waals surface area contributed by atoms with E-state index in [0.29, 0.717) is 11.5 Å². The molecule has 0 saturated heterocycles. The van der Waals surface area contributed by atoms with Crippen LogP contribution in [0.25, 0.3) is 0 Å². The number of pyridine rings is 1. The van der Waals surface area contributed by atoms with Gasteiger partial charge in [0.05, 0.1) is 5.56 Å². The summed E-state index contributed by atoms with van der Waals surface area (Å²) < 4.78 is 0. The molecule has 17 heavy (non-hydrogen) atoms. The van der Waals surface area contributed by atoms with Gasteiger partial charge in [-0.15, -0.1) is 0 Å². The maximum Gasteiger partial charge on any atom is 0.125 e. The van der Waals surface area contributed by atoms with Gasteiger partial charge in [0.2, 0.25) is 0 Å². The molecule has 2 N–H and O–H groups in total. The topological polar surface area (TPSA) is 68.9 Å². The van der Waals surface area contributed by atoms with E-state index in [1.165, 1.54) is 0 Å². The van der Waals surface area contributed by atoms with Gasteiger partial charge < -0.3 is 10.4 Å². The van der Waals surface area contributed by atoms with Gasteiger partial charge in [-0.3, -0.25) is 0 Å². The summed E-state index contributed by atoms with van der Waals surface area (Å²) in [4.78, 5) is 4.15. The van der Waals surface area contributed by atoms with Crippen molar-refractivity contribution in [3.8, 4) is 6.07 Å². The number of nitrogens with zero attached hydrogens (tertiary/aromatic N) is 2. The van der Waals surface area contributed by atoms with Crippen LogP contribution in [0.15, 0.2) is 18.3 Å². The van der Waals surface area contributed by atoms with Gasteiger partial charge in [-0.05, 0) is 30.9 Å². The van der Waals surface area contributed by atoms with Gasteiger partial charge in [0.1, 0.15) is 11.9 Å². The van der Waals surface area contributed by atoms with Gasteiger partial charge in [0, 0.05) is 19.3 Å². The van der Waals surface area contributed by atoms with E-state index < -0.39 is 0 Å². The molecule has 1 atom stereocenters. The number of aliphatic hydroxyl groups excluding tert-OH is 1. The molecule has 1 heterocycles. The third kappa shape index (κ3) is 4.83. The minimum atomic E-state index is 0.229. The fourth-order valence-electron chi connectivity index (χ4n) is 1.75. The van der Waals surface area contributed by atoms with Crippen molar-refractivity contribution in [1.82, 2.24) is 4.98 Å². The number of hydrogen-bond acceptors (Lipinski definition) is 4. The van der Waals surface area contributed by atoms with Crippen molar-refractivity contribution in [1.29, 1.82) is 5.26 Å². The van der Waals surface area contributed by atoms with Crippen LogP contribution < -0.4 is 5.32 Å². The lowest BCUT2D eigenvalue weighted by Gasteiger charge is -2.15. The molecule has 0 aliphatic heterocycles. The summed E-state index contributed by atoms with van der Waals surface area (Å²) in [6, 6.07) is 5.59. The van der Waals surface area contributed by atoms with E-state index in [0.717, 1.165) is 31.6 Å². The van der Waals surface area contributed by atoms with E-state index in [2.05, 4.69) is 17.2 Å². The third-order valence-corrected chi connectivity index (χ3v) is 2.70. The molecule has 0 bridgehead atoms. The van der Waals surface area contributed by atoms with Crippen molar-refractivity contribution in [2.75, 3.05) is 18.5 Å². The monoisotopic (exact) mass is 233 g/mol. The van der Waals surface area contributed by atoms with E-state index >= 15 is 0 Å². The fraction of sp³-hybridized carbons (Fsp3) is 0.538. The quantitative estimate of drug-likeness (QED) is 0.757. The molecule has 0 aliphatic carbocycles. The van der Waals surface area contributed by atoms with Gasteiger partial charge >= 0.3 is 0 Å². The molecular formula is C13H19N3O. The van der Waals surface area contributed by atoms with E-state index in [1.807, 2.05) is 6.07 Å². The highest BCUT2D eigenvalue weighted by atomic mass is 16.3. The average molecular weight is 233 g/mol. The molecule has 0 fully saturated rings. The van der Waals surface area contributed by atoms with Crippen molar-refractivity contribution in [3.63, 3.8) is 0 Å². The average Bonchev–Trinajstić information content (AvgIpc) is 2.37. The number of aliphatic hydroxyl groups is 1. The molecule has 0 saturated carbocycles. The minimum Gasteiger partial charge on any atom is -0.396 e. The van der Waals surface area contributed by atoms with Crippen molar-refractivity contribution in [2.24, 2.45) is 5.92 Å². The predicted molar refractivity (Wildman–Crippen MR) is 67.5 cm³/mol. The highest BCUT2D eigenvalue weighted by Crippen LogP contribution is 2.12. The molecule has 0 radical (unpaired) electrons. The maximum atomic E-state index is 8.95. The Kier molecular flexibility index (Phi) is 6.05. The number of hydrogen-bond donors (Lipinski definition) is 2. The first kappa shape index (κ1) is 13.5. The van der Waals surface area contributed by atoms with Crippen LogP contribution in [0.1, 0.15) is 31.7 Å². The summed E-state index contributed by atoms with van der Waals surface area (Å²) in [5.74, 6) is 1.26. The zero-order chi connectivity index (χ0) is 12.5. The SMILES string of the molecule is CCCC(CCO)CNc1ccc(C#N)cn1. The van der Waals surface area contributed by atoms with Gasteiger partial charge in [0.15, 0.2) is 0 Å². The molecule has 1 aromatic rings. The zero-order valence-electron chi connectivity index (χ0n) is 10.2. The van der Waals surface area contributed by atoms with Crippen LogP contribution in [0.2, 0.25) is 0 Å². The van der Waals surface area contributed by atoms with Crippen molar-refractivity contribution in [2.45, 2.75) is 26.2 Å². The van der Waals surface area contributed by atoms with Crippen LogP contribution in [0, 0.1) is 17.2 Å². The summed E-state index contributed by atoms with van der Waals surface area (Å²) in [7, 11) is 0. The lowest BCUT2D eigenvalue weighted by molar-refractivity contribution is 0.255. The lowest BCUT2D eigenvalue weighted by Crippen LogP contribution is -2.16. The van der Waals surface area contributed by atoms with E-state index in [9.17, 15) is 0 Å².